The average Bonchev–Trinajstić information content (AvgIpc) is 3.28. The minimum absolute atomic E-state index is 0. The number of rotatable bonds is 4. The molecule has 0 radical (unpaired) electrons. The first-order valence-corrected chi connectivity index (χ1v) is 8.87. The number of amides is 1. The van der Waals surface area contributed by atoms with E-state index in [1.807, 2.05) is 47.5 Å². The number of methoxy groups -OCH3 is 1. The number of nitrogens with one attached hydrogen (secondary N) is 1. The summed E-state index contributed by atoms with van der Waals surface area (Å²) in [5.74, 6) is 1.49. The van der Waals surface area contributed by atoms with Crippen LogP contribution in [0.25, 0.3) is 5.82 Å². The van der Waals surface area contributed by atoms with Crippen molar-refractivity contribution in [3.05, 3.63) is 72.4 Å². The Kier molecular flexibility index (Phi) is 8.01. The number of pyridine rings is 1. The molecular weight excluding hydrogens is 413 g/mol. The highest BCUT2D eigenvalue weighted by Crippen LogP contribution is 2.31. The molecule has 1 N–H and O–H groups in total. The van der Waals surface area contributed by atoms with Crippen LogP contribution < -0.4 is 10.1 Å². The molecule has 3 aromatic rings. The molecule has 9 heteroatoms. The van der Waals surface area contributed by atoms with E-state index in [0.717, 1.165) is 23.7 Å². The lowest BCUT2D eigenvalue weighted by molar-refractivity contribution is 0.0631. The van der Waals surface area contributed by atoms with E-state index in [1.165, 1.54) is 0 Å². The highest BCUT2D eigenvalue weighted by atomic mass is 35.5. The predicted octanol–water partition coefficient (Wildman–Crippen LogP) is 2.91. The molecular formula is C20H23Cl2N5O2. The van der Waals surface area contributed by atoms with Gasteiger partial charge in [0.05, 0.1) is 18.7 Å². The minimum atomic E-state index is -0.0873. The number of hydrogen-bond acceptors (Lipinski definition) is 5. The quantitative estimate of drug-likeness (QED) is 0.681. The Morgan fingerprint density at radius 2 is 2.03 bits per heavy atom. The van der Waals surface area contributed by atoms with Crippen molar-refractivity contribution in [3.8, 4) is 11.6 Å². The number of benzene rings is 1. The number of halogens is 2. The number of para-hydroxylation sites is 1. The molecule has 1 fully saturated rings. The van der Waals surface area contributed by atoms with Crippen molar-refractivity contribution in [2.45, 2.75) is 6.04 Å². The molecule has 0 spiro atoms. The number of imidazole rings is 1. The Bertz CT molecular complexity index is 919. The third-order valence-corrected chi connectivity index (χ3v) is 4.77. The van der Waals surface area contributed by atoms with Crippen LogP contribution in [0.5, 0.6) is 5.75 Å². The van der Waals surface area contributed by atoms with E-state index in [4.69, 9.17) is 4.74 Å². The summed E-state index contributed by atoms with van der Waals surface area (Å²) in [6.07, 6.45) is 6.81. The summed E-state index contributed by atoms with van der Waals surface area (Å²) in [6.45, 7) is 2.08. The lowest BCUT2D eigenvalue weighted by atomic mass is 10.0. The topological polar surface area (TPSA) is 72.3 Å². The normalized spacial score (nSPS) is 15.8. The van der Waals surface area contributed by atoms with Gasteiger partial charge < -0.3 is 15.0 Å². The number of carbonyl (C=O) groups is 1. The summed E-state index contributed by atoms with van der Waals surface area (Å²) in [4.78, 5) is 23.5. The van der Waals surface area contributed by atoms with E-state index in [0.29, 0.717) is 18.7 Å². The van der Waals surface area contributed by atoms with Gasteiger partial charge in [0.25, 0.3) is 5.91 Å². The highest BCUT2D eigenvalue weighted by molar-refractivity contribution is 5.94. The number of aromatic nitrogens is 3. The number of hydrogen-bond donors (Lipinski definition) is 1. The molecule has 2 aromatic heterocycles. The average molecular weight is 436 g/mol. The van der Waals surface area contributed by atoms with Crippen molar-refractivity contribution in [3.63, 3.8) is 0 Å². The number of piperazine rings is 1. The molecule has 1 atom stereocenters. The van der Waals surface area contributed by atoms with E-state index in [1.54, 1.807) is 30.4 Å². The van der Waals surface area contributed by atoms with Crippen molar-refractivity contribution in [2.75, 3.05) is 26.7 Å². The first-order valence-electron chi connectivity index (χ1n) is 8.87. The van der Waals surface area contributed by atoms with Crippen LogP contribution in [0.4, 0.5) is 0 Å². The maximum absolute atomic E-state index is 13.2. The van der Waals surface area contributed by atoms with Crippen LogP contribution in [0.2, 0.25) is 0 Å². The fourth-order valence-corrected chi connectivity index (χ4v) is 3.39. The molecule has 4 rings (SSSR count). The van der Waals surface area contributed by atoms with Crippen LogP contribution in [-0.4, -0.2) is 52.1 Å². The van der Waals surface area contributed by atoms with E-state index in [9.17, 15) is 4.79 Å². The highest BCUT2D eigenvalue weighted by Gasteiger charge is 2.30. The zero-order valence-electron chi connectivity index (χ0n) is 15.9. The molecule has 154 valence electrons. The molecule has 1 aromatic carbocycles. The molecule has 1 saturated heterocycles. The fraction of sp³-hybridized carbons (Fsp3) is 0.250. The maximum Gasteiger partial charge on any atom is 0.256 e. The molecule has 29 heavy (non-hydrogen) atoms. The third kappa shape index (κ3) is 4.70. The van der Waals surface area contributed by atoms with Gasteiger partial charge in [-0.15, -0.1) is 24.8 Å². The lowest BCUT2D eigenvalue weighted by Crippen LogP contribution is -2.48. The molecule has 1 unspecified atom stereocenters. The van der Waals surface area contributed by atoms with E-state index in [2.05, 4.69) is 15.3 Å². The van der Waals surface area contributed by atoms with Gasteiger partial charge in [-0.25, -0.2) is 9.97 Å². The van der Waals surface area contributed by atoms with Crippen molar-refractivity contribution >= 4 is 30.7 Å². The van der Waals surface area contributed by atoms with Gasteiger partial charge in [0.15, 0.2) is 0 Å². The second-order valence-corrected chi connectivity index (χ2v) is 6.34. The first-order chi connectivity index (χ1) is 13.3. The molecule has 1 amide bonds. The Hall–Kier alpha value is -2.61. The molecule has 0 bridgehead atoms. The van der Waals surface area contributed by atoms with E-state index in [-0.39, 0.29) is 36.8 Å². The van der Waals surface area contributed by atoms with Crippen LogP contribution in [0.15, 0.2) is 61.3 Å². The van der Waals surface area contributed by atoms with Gasteiger partial charge in [-0.05, 0) is 18.2 Å². The van der Waals surface area contributed by atoms with Crippen LogP contribution in [0, 0.1) is 0 Å². The summed E-state index contributed by atoms with van der Waals surface area (Å²) in [6, 6.07) is 11.4. The van der Waals surface area contributed by atoms with Gasteiger partial charge >= 0.3 is 0 Å². The van der Waals surface area contributed by atoms with E-state index >= 15 is 0 Å². The summed E-state index contributed by atoms with van der Waals surface area (Å²) in [7, 11) is 1.65. The third-order valence-electron chi connectivity index (χ3n) is 4.77. The van der Waals surface area contributed by atoms with Gasteiger partial charge in [0.1, 0.15) is 17.9 Å². The second-order valence-electron chi connectivity index (χ2n) is 6.34. The Morgan fingerprint density at radius 1 is 1.21 bits per heavy atom. The minimum Gasteiger partial charge on any atom is -0.496 e. The SMILES string of the molecule is COc1ccccc1C1CNCCN1C(=O)c1ccc(-n2ccnc2)nc1.Cl.Cl. The summed E-state index contributed by atoms with van der Waals surface area (Å²) >= 11 is 0. The number of nitrogens with zero attached hydrogens (tertiary/aromatic N) is 4. The zero-order chi connectivity index (χ0) is 18.6. The van der Waals surface area contributed by atoms with Crippen molar-refractivity contribution in [1.82, 2.24) is 24.8 Å². The van der Waals surface area contributed by atoms with Crippen molar-refractivity contribution in [1.29, 1.82) is 0 Å². The fourth-order valence-electron chi connectivity index (χ4n) is 3.39. The van der Waals surface area contributed by atoms with Gasteiger partial charge in [-0.1, -0.05) is 18.2 Å². The van der Waals surface area contributed by atoms with Gasteiger partial charge in [-0.2, -0.15) is 0 Å². The maximum atomic E-state index is 13.2. The molecule has 1 aliphatic rings. The summed E-state index contributed by atoms with van der Waals surface area (Å²) < 4.78 is 7.30. The molecule has 7 nitrogen and oxygen atoms in total. The smallest absolute Gasteiger partial charge is 0.256 e. The number of carbonyl (C=O) groups excluding carboxylic acids is 1. The molecule has 0 aliphatic carbocycles. The van der Waals surface area contributed by atoms with Gasteiger partial charge in [0.2, 0.25) is 0 Å². The monoisotopic (exact) mass is 435 g/mol. The molecule has 0 saturated carbocycles. The van der Waals surface area contributed by atoms with Gasteiger partial charge in [0, 0.05) is 43.8 Å². The standard InChI is InChI=1S/C20H21N5O2.2ClH/c1-27-18-5-3-2-4-16(18)17-13-21-9-11-25(17)20(26)15-6-7-19(23-12-15)24-10-8-22-14-24;;/h2-8,10,12,14,17,21H,9,11,13H2,1H3;2*1H. The van der Waals surface area contributed by atoms with Crippen LogP contribution in [0.1, 0.15) is 22.0 Å². The summed E-state index contributed by atoms with van der Waals surface area (Å²) in [5, 5.41) is 3.37. The predicted molar refractivity (Wildman–Crippen MR) is 115 cm³/mol. The number of ether oxygens (including phenoxy) is 1. The first kappa shape index (κ1) is 22.7. The largest absolute Gasteiger partial charge is 0.496 e. The lowest BCUT2D eigenvalue weighted by Gasteiger charge is -2.37. The van der Waals surface area contributed by atoms with Crippen LogP contribution in [-0.2, 0) is 0 Å². The Balaban J connectivity index is 0.00000150. The second kappa shape index (κ2) is 10.2. The summed E-state index contributed by atoms with van der Waals surface area (Å²) in [5.41, 5.74) is 1.57. The molecule has 1 aliphatic heterocycles. The van der Waals surface area contributed by atoms with Crippen molar-refractivity contribution < 1.29 is 9.53 Å². The molecule has 3 heterocycles. The van der Waals surface area contributed by atoms with E-state index < -0.39 is 0 Å². The Morgan fingerprint density at radius 3 is 2.72 bits per heavy atom. The van der Waals surface area contributed by atoms with Crippen molar-refractivity contribution in [2.24, 2.45) is 0 Å². The van der Waals surface area contributed by atoms with Crippen LogP contribution in [0.3, 0.4) is 0 Å². The zero-order valence-corrected chi connectivity index (χ0v) is 17.5. The van der Waals surface area contributed by atoms with Crippen LogP contribution >= 0.6 is 24.8 Å². The van der Waals surface area contributed by atoms with Gasteiger partial charge in [-0.3, -0.25) is 9.36 Å². The Labute approximate surface area is 181 Å².